The van der Waals surface area contributed by atoms with Gasteiger partial charge >= 0.3 is 5.97 Å². The number of nitrogens with one attached hydrogen (secondary N) is 1. The van der Waals surface area contributed by atoms with Crippen molar-refractivity contribution >= 4 is 35.0 Å². The number of anilines is 1. The van der Waals surface area contributed by atoms with E-state index in [-0.39, 0.29) is 11.7 Å². The van der Waals surface area contributed by atoms with Crippen LogP contribution in [-0.4, -0.2) is 17.0 Å². The average molecular weight is 305 g/mol. The second-order valence-corrected chi connectivity index (χ2v) is 5.27. The van der Waals surface area contributed by atoms with E-state index in [1.165, 1.54) is 35.6 Å². The molecule has 0 aliphatic carbocycles. The van der Waals surface area contributed by atoms with Crippen LogP contribution in [0, 0.1) is 12.7 Å². The molecule has 0 fully saturated rings. The van der Waals surface area contributed by atoms with Gasteiger partial charge in [0.2, 0.25) is 0 Å². The van der Waals surface area contributed by atoms with E-state index in [0.29, 0.717) is 21.7 Å². The molecular weight excluding hydrogens is 293 g/mol. The van der Waals surface area contributed by atoms with Crippen molar-refractivity contribution in [2.75, 3.05) is 5.32 Å². The molecule has 0 radical (unpaired) electrons. The van der Waals surface area contributed by atoms with Crippen LogP contribution in [0.25, 0.3) is 6.08 Å². The number of halogens is 1. The van der Waals surface area contributed by atoms with Gasteiger partial charge in [0.15, 0.2) is 0 Å². The molecule has 0 atom stereocenters. The highest BCUT2D eigenvalue weighted by Gasteiger charge is 2.10. The zero-order valence-electron chi connectivity index (χ0n) is 11.1. The first-order valence-electron chi connectivity index (χ1n) is 6.03. The third-order valence-corrected chi connectivity index (χ3v) is 3.61. The van der Waals surface area contributed by atoms with Crippen LogP contribution >= 0.6 is 11.3 Å². The fourth-order valence-corrected chi connectivity index (χ4v) is 2.45. The number of aliphatic carboxylic acids is 1. The van der Waals surface area contributed by atoms with Crippen LogP contribution in [0.2, 0.25) is 0 Å². The summed E-state index contributed by atoms with van der Waals surface area (Å²) >= 11 is 1.27. The SMILES string of the molecule is Cc1cc(F)ccc1NC(=O)c1csc(C=CC(=O)O)c1. The maximum Gasteiger partial charge on any atom is 0.328 e. The van der Waals surface area contributed by atoms with Crippen molar-refractivity contribution in [3.63, 3.8) is 0 Å². The zero-order chi connectivity index (χ0) is 15.4. The Hall–Kier alpha value is -2.47. The molecule has 2 N–H and O–H groups in total. The minimum absolute atomic E-state index is 0.323. The standard InChI is InChI=1S/C15H12FNO3S/c1-9-6-11(16)2-4-13(9)17-15(20)10-7-12(21-8-10)3-5-14(18)19/h2-8H,1H3,(H,17,20)(H,18,19). The van der Waals surface area contributed by atoms with Gasteiger partial charge in [0.05, 0.1) is 5.56 Å². The number of carbonyl (C=O) groups is 2. The maximum absolute atomic E-state index is 13.0. The van der Waals surface area contributed by atoms with E-state index < -0.39 is 5.97 Å². The quantitative estimate of drug-likeness (QED) is 0.849. The molecule has 1 aromatic heterocycles. The number of thiophene rings is 1. The second-order valence-electron chi connectivity index (χ2n) is 4.32. The van der Waals surface area contributed by atoms with Crippen LogP contribution in [0.5, 0.6) is 0 Å². The van der Waals surface area contributed by atoms with Crippen molar-refractivity contribution in [1.29, 1.82) is 0 Å². The highest BCUT2D eigenvalue weighted by Crippen LogP contribution is 2.20. The number of carboxylic acid groups (broad SMARTS) is 1. The number of rotatable bonds is 4. The number of benzene rings is 1. The molecule has 0 saturated heterocycles. The third kappa shape index (κ3) is 4.00. The summed E-state index contributed by atoms with van der Waals surface area (Å²) in [5.74, 6) is -1.73. The number of hydrogen-bond acceptors (Lipinski definition) is 3. The predicted molar refractivity (Wildman–Crippen MR) is 80.1 cm³/mol. The van der Waals surface area contributed by atoms with Crippen LogP contribution in [0.1, 0.15) is 20.8 Å². The summed E-state index contributed by atoms with van der Waals surface area (Å²) in [6.45, 7) is 1.70. The summed E-state index contributed by atoms with van der Waals surface area (Å²) in [5.41, 5.74) is 1.59. The maximum atomic E-state index is 13.0. The van der Waals surface area contributed by atoms with Crippen LogP contribution in [0.15, 0.2) is 35.7 Å². The lowest BCUT2D eigenvalue weighted by Gasteiger charge is -2.07. The van der Waals surface area contributed by atoms with E-state index in [4.69, 9.17) is 5.11 Å². The van der Waals surface area contributed by atoms with Crippen molar-refractivity contribution in [3.05, 3.63) is 57.5 Å². The van der Waals surface area contributed by atoms with Gasteiger partial charge in [0.25, 0.3) is 5.91 Å². The van der Waals surface area contributed by atoms with Gasteiger partial charge in [-0.1, -0.05) is 0 Å². The Labute approximate surface area is 124 Å². The van der Waals surface area contributed by atoms with E-state index >= 15 is 0 Å². The summed E-state index contributed by atoms with van der Waals surface area (Å²) < 4.78 is 13.0. The van der Waals surface area contributed by atoms with Gasteiger partial charge in [-0.2, -0.15) is 0 Å². The molecule has 1 amide bonds. The Bertz CT molecular complexity index is 721. The molecule has 0 spiro atoms. The molecule has 0 saturated carbocycles. The molecule has 6 heteroatoms. The molecule has 1 heterocycles. The van der Waals surface area contributed by atoms with Crippen molar-refractivity contribution < 1.29 is 19.1 Å². The van der Waals surface area contributed by atoms with Crippen molar-refractivity contribution in [2.45, 2.75) is 6.92 Å². The van der Waals surface area contributed by atoms with E-state index in [9.17, 15) is 14.0 Å². The van der Waals surface area contributed by atoms with E-state index in [1.807, 2.05) is 0 Å². The van der Waals surface area contributed by atoms with E-state index in [2.05, 4.69) is 5.32 Å². The first-order chi connectivity index (χ1) is 9.95. The largest absolute Gasteiger partial charge is 0.478 e. The second kappa shape index (κ2) is 6.32. The lowest BCUT2D eigenvalue weighted by molar-refractivity contribution is -0.131. The first-order valence-corrected chi connectivity index (χ1v) is 6.91. The summed E-state index contributed by atoms with van der Waals surface area (Å²) in [4.78, 5) is 23.2. The van der Waals surface area contributed by atoms with E-state index in [1.54, 1.807) is 18.4 Å². The van der Waals surface area contributed by atoms with Crippen LogP contribution in [-0.2, 0) is 4.79 Å². The topological polar surface area (TPSA) is 66.4 Å². The van der Waals surface area contributed by atoms with Crippen LogP contribution in [0.3, 0.4) is 0 Å². The number of hydrogen-bond donors (Lipinski definition) is 2. The minimum atomic E-state index is -1.05. The molecule has 0 aliphatic rings. The summed E-state index contributed by atoms with van der Waals surface area (Å²) in [6, 6.07) is 5.71. The Morgan fingerprint density at radius 1 is 1.33 bits per heavy atom. The molecule has 108 valence electrons. The Morgan fingerprint density at radius 3 is 2.76 bits per heavy atom. The molecule has 4 nitrogen and oxygen atoms in total. The number of carboxylic acids is 1. The molecule has 1 aromatic carbocycles. The normalized spacial score (nSPS) is 10.8. The molecular formula is C15H12FNO3S. The fraction of sp³-hybridized carbons (Fsp3) is 0.0667. The monoisotopic (exact) mass is 305 g/mol. The number of aryl methyl sites for hydroxylation is 1. The van der Waals surface area contributed by atoms with Gasteiger partial charge in [0, 0.05) is 22.0 Å². The van der Waals surface area contributed by atoms with Crippen molar-refractivity contribution in [1.82, 2.24) is 0 Å². The van der Waals surface area contributed by atoms with Crippen LogP contribution in [0.4, 0.5) is 10.1 Å². The van der Waals surface area contributed by atoms with Gasteiger partial charge in [-0.25, -0.2) is 9.18 Å². The lowest BCUT2D eigenvalue weighted by atomic mass is 10.2. The summed E-state index contributed by atoms with van der Waals surface area (Å²) in [6.07, 6.45) is 2.44. The minimum Gasteiger partial charge on any atom is -0.478 e. The summed E-state index contributed by atoms with van der Waals surface area (Å²) in [7, 11) is 0. The summed E-state index contributed by atoms with van der Waals surface area (Å²) in [5, 5.41) is 12.9. The number of amides is 1. The van der Waals surface area contributed by atoms with Crippen molar-refractivity contribution in [3.8, 4) is 0 Å². The molecule has 21 heavy (non-hydrogen) atoms. The van der Waals surface area contributed by atoms with Crippen molar-refractivity contribution in [2.24, 2.45) is 0 Å². The highest BCUT2D eigenvalue weighted by molar-refractivity contribution is 7.11. The third-order valence-electron chi connectivity index (χ3n) is 2.71. The molecule has 0 bridgehead atoms. The van der Waals surface area contributed by atoms with Gasteiger partial charge in [-0.15, -0.1) is 11.3 Å². The molecule has 2 rings (SSSR count). The number of carbonyl (C=O) groups excluding carboxylic acids is 1. The molecule has 2 aromatic rings. The van der Waals surface area contributed by atoms with Gasteiger partial charge in [-0.3, -0.25) is 4.79 Å². The van der Waals surface area contributed by atoms with Gasteiger partial charge in [-0.05, 0) is 42.8 Å². The zero-order valence-corrected chi connectivity index (χ0v) is 11.9. The Kier molecular flexibility index (Phi) is 4.49. The highest BCUT2D eigenvalue weighted by atomic mass is 32.1. The fourth-order valence-electron chi connectivity index (χ4n) is 1.67. The predicted octanol–water partition coefficient (Wildman–Crippen LogP) is 3.55. The smallest absolute Gasteiger partial charge is 0.328 e. The molecule has 0 unspecified atom stereocenters. The van der Waals surface area contributed by atoms with Gasteiger partial charge < -0.3 is 10.4 Å². The molecule has 0 aliphatic heterocycles. The Morgan fingerprint density at radius 2 is 2.10 bits per heavy atom. The van der Waals surface area contributed by atoms with Gasteiger partial charge in [0.1, 0.15) is 5.82 Å². The van der Waals surface area contributed by atoms with E-state index in [0.717, 1.165) is 6.08 Å². The average Bonchev–Trinajstić information content (AvgIpc) is 2.88. The first kappa shape index (κ1) is 14.9. The Balaban J connectivity index is 2.12. The lowest BCUT2D eigenvalue weighted by Crippen LogP contribution is -2.11. The van der Waals surface area contributed by atoms with Crippen LogP contribution < -0.4 is 5.32 Å².